The first kappa shape index (κ1) is 12.2. The summed E-state index contributed by atoms with van der Waals surface area (Å²) in [5.41, 5.74) is 1.32. The molecule has 1 aromatic rings. The number of benzene rings is 1. The molecule has 1 N–H and O–H groups in total. The zero-order valence-electron chi connectivity index (χ0n) is 9.69. The minimum atomic E-state index is 0.233. The summed E-state index contributed by atoms with van der Waals surface area (Å²) in [4.78, 5) is 2.31. The van der Waals surface area contributed by atoms with Crippen molar-refractivity contribution in [3.63, 3.8) is 0 Å². The fraction of sp³-hybridized carbons (Fsp3) is 0.538. The highest BCUT2D eigenvalue weighted by Crippen LogP contribution is 2.19. The van der Waals surface area contributed by atoms with Crippen molar-refractivity contribution in [3.8, 4) is 0 Å². The molecular weight excluding hydrogens is 186 g/mol. The SMILES string of the molecule is CCCN(CCO)C(C)c1ccccc1. The molecule has 84 valence electrons. The Kier molecular flexibility index (Phi) is 5.37. The van der Waals surface area contributed by atoms with Gasteiger partial charge in [0.1, 0.15) is 0 Å². The lowest BCUT2D eigenvalue weighted by Crippen LogP contribution is -2.30. The van der Waals surface area contributed by atoms with Crippen LogP contribution >= 0.6 is 0 Å². The third kappa shape index (κ3) is 3.65. The Balaban J connectivity index is 2.67. The van der Waals surface area contributed by atoms with E-state index >= 15 is 0 Å². The van der Waals surface area contributed by atoms with Gasteiger partial charge in [-0.15, -0.1) is 0 Å². The van der Waals surface area contributed by atoms with Crippen LogP contribution < -0.4 is 0 Å². The van der Waals surface area contributed by atoms with Crippen molar-refractivity contribution in [1.29, 1.82) is 0 Å². The summed E-state index contributed by atoms with van der Waals surface area (Å²) in [6, 6.07) is 10.8. The molecule has 0 spiro atoms. The Bertz CT molecular complexity index is 254. The van der Waals surface area contributed by atoms with Gasteiger partial charge in [0.15, 0.2) is 0 Å². The van der Waals surface area contributed by atoms with E-state index in [4.69, 9.17) is 5.11 Å². The largest absolute Gasteiger partial charge is 0.395 e. The molecule has 0 aliphatic rings. The van der Waals surface area contributed by atoms with Crippen LogP contribution in [0.4, 0.5) is 0 Å². The Morgan fingerprint density at radius 1 is 1.20 bits per heavy atom. The molecule has 0 fully saturated rings. The normalized spacial score (nSPS) is 13.1. The fourth-order valence-electron chi connectivity index (χ4n) is 1.86. The summed E-state index contributed by atoms with van der Waals surface area (Å²) in [5.74, 6) is 0. The first-order valence-electron chi connectivity index (χ1n) is 5.69. The standard InChI is InChI=1S/C13H21NO/c1-3-9-14(10-11-15)12(2)13-7-5-4-6-8-13/h4-8,12,15H,3,9-11H2,1-2H3. The highest BCUT2D eigenvalue weighted by molar-refractivity contribution is 5.18. The zero-order valence-corrected chi connectivity index (χ0v) is 9.69. The van der Waals surface area contributed by atoms with Crippen molar-refractivity contribution >= 4 is 0 Å². The van der Waals surface area contributed by atoms with Gasteiger partial charge in [0.2, 0.25) is 0 Å². The predicted molar refractivity (Wildman–Crippen MR) is 63.8 cm³/mol. The molecule has 0 radical (unpaired) electrons. The van der Waals surface area contributed by atoms with Crippen molar-refractivity contribution in [3.05, 3.63) is 35.9 Å². The van der Waals surface area contributed by atoms with E-state index in [-0.39, 0.29) is 6.61 Å². The van der Waals surface area contributed by atoms with E-state index in [2.05, 4.69) is 43.0 Å². The van der Waals surface area contributed by atoms with Crippen molar-refractivity contribution in [2.24, 2.45) is 0 Å². The van der Waals surface area contributed by atoms with E-state index in [1.165, 1.54) is 5.56 Å². The van der Waals surface area contributed by atoms with Gasteiger partial charge in [-0.05, 0) is 25.5 Å². The highest BCUT2D eigenvalue weighted by Gasteiger charge is 2.13. The average molecular weight is 207 g/mol. The number of aliphatic hydroxyl groups excluding tert-OH is 1. The average Bonchev–Trinajstić information content (AvgIpc) is 2.29. The topological polar surface area (TPSA) is 23.5 Å². The van der Waals surface area contributed by atoms with Crippen LogP contribution in [0.15, 0.2) is 30.3 Å². The molecule has 2 heteroatoms. The molecule has 1 unspecified atom stereocenters. The van der Waals surface area contributed by atoms with Crippen LogP contribution in [0, 0.1) is 0 Å². The van der Waals surface area contributed by atoms with Gasteiger partial charge < -0.3 is 5.11 Å². The van der Waals surface area contributed by atoms with Crippen LogP contribution in [0.2, 0.25) is 0 Å². The summed E-state index contributed by atoms with van der Waals surface area (Å²) in [7, 11) is 0. The lowest BCUT2D eigenvalue weighted by Gasteiger charge is -2.28. The third-order valence-electron chi connectivity index (χ3n) is 2.73. The number of rotatable bonds is 6. The minimum absolute atomic E-state index is 0.233. The molecule has 0 saturated heterocycles. The van der Waals surface area contributed by atoms with Gasteiger partial charge in [-0.2, -0.15) is 0 Å². The number of nitrogens with zero attached hydrogens (tertiary/aromatic N) is 1. The van der Waals surface area contributed by atoms with Crippen LogP contribution in [-0.4, -0.2) is 29.7 Å². The first-order chi connectivity index (χ1) is 7.29. The van der Waals surface area contributed by atoms with Crippen molar-refractivity contribution in [2.75, 3.05) is 19.7 Å². The summed E-state index contributed by atoms with van der Waals surface area (Å²) < 4.78 is 0. The lowest BCUT2D eigenvalue weighted by molar-refractivity contribution is 0.158. The number of hydrogen-bond donors (Lipinski definition) is 1. The van der Waals surface area contributed by atoms with Gasteiger partial charge in [0, 0.05) is 12.6 Å². The summed E-state index contributed by atoms with van der Waals surface area (Å²) in [6.45, 7) is 6.39. The molecule has 0 amide bonds. The maximum atomic E-state index is 9.02. The highest BCUT2D eigenvalue weighted by atomic mass is 16.3. The van der Waals surface area contributed by atoms with E-state index < -0.39 is 0 Å². The van der Waals surface area contributed by atoms with Crippen molar-refractivity contribution < 1.29 is 5.11 Å². The van der Waals surface area contributed by atoms with E-state index in [1.54, 1.807) is 0 Å². The number of aliphatic hydroxyl groups is 1. The molecule has 15 heavy (non-hydrogen) atoms. The second kappa shape index (κ2) is 6.59. The van der Waals surface area contributed by atoms with E-state index in [9.17, 15) is 0 Å². The first-order valence-corrected chi connectivity index (χ1v) is 5.69. The summed E-state index contributed by atoms with van der Waals surface area (Å²) in [5, 5.41) is 9.02. The number of hydrogen-bond acceptors (Lipinski definition) is 2. The predicted octanol–water partition coefficient (Wildman–Crippen LogP) is 2.45. The zero-order chi connectivity index (χ0) is 11.1. The monoisotopic (exact) mass is 207 g/mol. The Morgan fingerprint density at radius 3 is 2.40 bits per heavy atom. The van der Waals surface area contributed by atoms with Gasteiger partial charge in [-0.1, -0.05) is 37.3 Å². The van der Waals surface area contributed by atoms with Gasteiger partial charge in [0.25, 0.3) is 0 Å². The molecule has 0 heterocycles. The molecule has 2 nitrogen and oxygen atoms in total. The van der Waals surface area contributed by atoms with Gasteiger partial charge in [0.05, 0.1) is 6.61 Å². The minimum Gasteiger partial charge on any atom is -0.395 e. The smallest absolute Gasteiger partial charge is 0.0558 e. The Morgan fingerprint density at radius 2 is 1.87 bits per heavy atom. The van der Waals surface area contributed by atoms with E-state index in [1.807, 2.05) is 6.07 Å². The van der Waals surface area contributed by atoms with E-state index in [0.717, 1.165) is 19.5 Å². The van der Waals surface area contributed by atoms with Gasteiger partial charge >= 0.3 is 0 Å². The van der Waals surface area contributed by atoms with Crippen LogP contribution in [0.3, 0.4) is 0 Å². The fourth-order valence-corrected chi connectivity index (χ4v) is 1.86. The van der Waals surface area contributed by atoms with Gasteiger partial charge in [-0.3, -0.25) is 4.90 Å². The maximum absolute atomic E-state index is 9.02. The molecule has 0 aliphatic heterocycles. The second-order valence-electron chi connectivity index (χ2n) is 3.85. The molecule has 1 atom stereocenters. The quantitative estimate of drug-likeness (QED) is 0.774. The molecule has 0 saturated carbocycles. The molecule has 0 aromatic heterocycles. The third-order valence-corrected chi connectivity index (χ3v) is 2.73. The summed E-state index contributed by atoms with van der Waals surface area (Å²) in [6.07, 6.45) is 1.12. The van der Waals surface area contributed by atoms with Gasteiger partial charge in [-0.25, -0.2) is 0 Å². The molecule has 0 bridgehead atoms. The van der Waals surface area contributed by atoms with Crippen LogP contribution in [-0.2, 0) is 0 Å². The Hall–Kier alpha value is -0.860. The molecule has 1 aromatic carbocycles. The Labute approximate surface area is 92.5 Å². The van der Waals surface area contributed by atoms with Crippen LogP contribution in [0.5, 0.6) is 0 Å². The van der Waals surface area contributed by atoms with Crippen molar-refractivity contribution in [2.45, 2.75) is 26.3 Å². The van der Waals surface area contributed by atoms with E-state index in [0.29, 0.717) is 6.04 Å². The lowest BCUT2D eigenvalue weighted by atomic mass is 10.1. The molecule has 0 aliphatic carbocycles. The second-order valence-corrected chi connectivity index (χ2v) is 3.85. The van der Waals surface area contributed by atoms with Crippen LogP contribution in [0.25, 0.3) is 0 Å². The maximum Gasteiger partial charge on any atom is 0.0558 e. The molecule has 1 rings (SSSR count). The molecular formula is C13H21NO. The van der Waals surface area contributed by atoms with Crippen molar-refractivity contribution in [1.82, 2.24) is 4.90 Å². The summed E-state index contributed by atoms with van der Waals surface area (Å²) >= 11 is 0. The van der Waals surface area contributed by atoms with Crippen LogP contribution in [0.1, 0.15) is 31.9 Å².